The van der Waals surface area contributed by atoms with Crippen molar-refractivity contribution in [2.24, 2.45) is 0 Å². The number of carbonyl (C=O) groups excluding carboxylic acids is 1. The molecule has 0 unspecified atom stereocenters. The number of carbonyl (C=O) groups is 2. The second-order valence-corrected chi connectivity index (χ2v) is 10.8. The standard InChI is InChI=1S/C33H35FN2O4/c1-23-21-36(30-8-3-2-7-28(23)30)22-25-9-10-26(11-12-31(37)38)29(20-25)32(39)35-33(15-17-40-18-16-33)14-13-24-5-4-6-27(34)19-24/h2-10,19-21H,11-18,22H2,1H3,(H,35,39)(H,37,38). The van der Waals surface area contributed by atoms with Gasteiger partial charge in [0.2, 0.25) is 0 Å². The molecule has 1 amide bonds. The van der Waals surface area contributed by atoms with Gasteiger partial charge in [0.15, 0.2) is 0 Å². The molecule has 1 aliphatic heterocycles. The maximum Gasteiger partial charge on any atom is 0.303 e. The molecule has 6 nitrogen and oxygen atoms in total. The van der Waals surface area contributed by atoms with Crippen LogP contribution in [0.25, 0.3) is 10.9 Å². The number of halogens is 1. The molecule has 1 aliphatic rings. The Morgan fingerprint density at radius 2 is 1.80 bits per heavy atom. The maximum absolute atomic E-state index is 13.9. The van der Waals surface area contributed by atoms with E-state index in [2.05, 4.69) is 35.1 Å². The lowest BCUT2D eigenvalue weighted by Gasteiger charge is -2.38. The zero-order chi connectivity index (χ0) is 28.1. The number of carboxylic acid groups (broad SMARTS) is 1. The molecular weight excluding hydrogens is 507 g/mol. The fraction of sp³-hybridized carbons (Fsp3) is 0.333. The highest BCUT2D eigenvalue weighted by molar-refractivity contribution is 5.96. The minimum Gasteiger partial charge on any atom is -0.481 e. The van der Waals surface area contributed by atoms with Crippen LogP contribution in [-0.2, 0) is 28.9 Å². The second kappa shape index (κ2) is 12.0. The molecule has 7 heteroatoms. The van der Waals surface area contributed by atoms with Crippen LogP contribution < -0.4 is 5.32 Å². The first-order chi connectivity index (χ1) is 19.3. The number of hydrogen-bond donors (Lipinski definition) is 2. The molecule has 40 heavy (non-hydrogen) atoms. The van der Waals surface area contributed by atoms with E-state index < -0.39 is 11.5 Å². The highest BCUT2D eigenvalue weighted by atomic mass is 19.1. The van der Waals surface area contributed by atoms with Gasteiger partial charge in [-0.3, -0.25) is 9.59 Å². The number of amides is 1. The van der Waals surface area contributed by atoms with E-state index in [4.69, 9.17) is 4.74 Å². The van der Waals surface area contributed by atoms with Crippen molar-refractivity contribution in [2.45, 2.75) is 57.5 Å². The Morgan fingerprint density at radius 1 is 1.00 bits per heavy atom. The van der Waals surface area contributed by atoms with Gasteiger partial charge in [0.1, 0.15) is 5.82 Å². The number of rotatable bonds is 10. The molecule has 2 N–H and O–H groups in total. The van der Waals surface area contributed by atoms with E-state index in [9.17, 15) is 19.1 Å². The highest BCUT2D eigenvalue weighted by Crippen LogP contribution is 2.28. The van der Waals surface area contributed by atoms with E-state index in [1.54, 1.807) is 6.07 Å². The summed E-state index contributed by atoms with van der Waals surface area (Å²) in [5.74, 6) is -1.38. The Labute approximate surface area is 233 Å². The number of benzene rings is 3. The van der Waals surface area contributed by atoms with Crippen molar-refractivity contribution >= 4 is 22.8 Å². The lowest BCUT2D eigenvalue weighted by molar-refractivity contribution is -0.136. The first kappa shape index (κ1) is 27.6. The van der Waals surface area contributed by atoms with Crippen LogP contribution in [0.15, 0.2) is 72.9 Å². The van der Waals surface area contributed by atoms with Crippen LogP contribution in [0, 0.1) is 12.7 Å². The Balaban J connectivity index is 1.42. The van der Waals surface area contributed by atoms with E-state index in [1.807, 2.05) is 36.4 Å². The van der Waals surface area contributed by atoms with Gasteiger partial charge in [-0.15, -0.1) is 0 Å². The van der Waals surface area contributed by atoms with Crippen LogP contribution in [0.4, 0.5) is 4.39 Å². The van der Waals surface area contributed by atoms with Gasteiger partial charge < -0.3 is 19.7 Å². The molecule has 2 heterocycles. The third-order valence-electron chi connectivity index (χ3n) is 7.98. The number of ether oxygens (including phenoxy) is 1. The number of carboxylic acids is 1. The molecule has 208 valence electrons. The summed E-state index contributed by atoms with van der Waals surface area (Å²) in [5, 5.41) is 13.8. The summed E-state index contributed by atoms with van der Waals surface area (Å²) >= 11 is 0. The molecule has 4 aromatic rings. The van der Waals surface area contributed by atoms with E-state index in [-0.39, 0.29) is 24.6 Å². The zero-order valence-electron chi connectivity index (χ0n) is 22.8. The van der Waals surface area contributed by atoms with Crippen LogP contribution in [0.1, 0.15) is 58.3 Å². The summed E-state index contributed by atoms with van der Waals surface area (Å²) in [6, 6.07) is 20.6. The summed E-state index contributed by atoms with van der Waals surface area (Å²) in [6.45, 7) is 3.75. The molecule has 3 aromatic carbocycles. The SMILES string of the molecule is Cc1cn(Cc2ccc(CCC(=O)O)c(C(=O)NC3(CCc4cccc(F)c4)CCOCC3)c2)c2ccccc12. The molecule has 5 rings (SSSR count). The predicted octanol–water partition coefficient (Wildman–Crippen LogP) is 6.07. The Bertz CT molecular complexity index is 1520. The van der Waals surface area contributed by atoms with Gasteiger partial charge in [-0.05, 0) is 85.5 Å². The van der Waals surface area contributed by atoms with Crippen molar-refractivity contribution in [3.05, 3.63) is 107 Å². The van der Waals surface area contributed by atoms with Gasteiger partial charge in [-0.1, -0.05) is 42.5 Å². The normalized spacial score (nSPS) is 14.8. The Morgan fingerprint density at radius 3 is 2.58 bits per heavy atom. The number of aryl methyl sites for hydroxylation is 3. The first-order valence-corrected chi connectivity index (χ1v) is 13.8. The largest absolute Gasteiger partial charge is 0.481 e. The van der Waals surface area contributed by atoms with Gasteiger partial charge in [0.05, 0.1) is 0 Å². The van der Waals surface area contributed by atoms with E-state index in [0.717, 1.165) is 16.6 Å². The third-order valence-corrected chi connectivity index (χ3v) is 7.98. The maximum atomic E-state index is 13.9. The number of nitrogens with zero attached hydrogens (tertiary/aromatic N) is 1. The molecule has 0 atom stereocenters. The quantitative estimate of drug-likeness (QED) is 0.255. The lowest BCUT2D eigenvalue weighted by Crippen LogP contribution is -2.52. The van der Waals surface area contributed by atoms with Crippen molar-refractivity contribution < 1.29 is 23.8 Å². The fourth-order valence-electron chi connectivity index (χ4n) is 5.73. The van der Waals surface area contributed by atoms with Gasteiger partial charge in [0.25, 0.3) is 5.91 Å². The molecule has 1 aromatic heterocycles. The van der Waals surface area contributed by atoms with Crippen molar-refractivity contribution in [1.82, 2.24) is 9.88 Å². The number of aromatic nitrogens is 1. The molecule has 0 spiro atoms. The van der Waals surface area contributed by atoms with Gasteiger partial charge in [-0.2, -0.15) is 0 Å². The predicted molar refractivity (Wildman–Crippen MR) is 153 cm³/mol. The number of fused-ring (bicyclic) bond motifs is 1. The molecule has 1 saturated heterocycles. The molecule has 0 bridgehead atoms. The first-order valence-electron chi connectivity index (χ1n) is 13.8. The topological polar surface area (TPSA) is 80.6 Å². The monoisotopic (exact) mass is 542 g/mol. The van der Waals surface area contributed by atoms with Crippen LogP contribution in [0.2, 0.25) is 0 Å². The van der Waals surface area contributed by atoms with E-state index in [1.165, 1.54) is 23.1 Å². The van der Waals surface area contributed by atoms with Gasteiger partial charge in [-0.25, -0.2) is 4.39 Å². The van der Waals surface area contributed by atoms with Gasteiger partial charge >= 0.3 is 5.97 Å². The average molecular weight is 543 g/mol. The number of aliphatic carboxylic acids is 1. The fourth-order valence-corrected chi connectivity index (χ4v) is 5.73. The molecule has 0 radical (unpaired) electrons. The summed E-state index contributed by atoms with van der Waals surface area (Å²) in [7, 11) is 0. The second-order valence-electron chi connectivity index (χ2n) is 10.8. The van der Waals surface area contributed by atoms with Crippen molar-refractivity contribution in [2.75, 3.05) is 13.2 Å². The van der Waals surface area contributed by atoms with Crippen LogP contribution >= 0.6 is 0 Å². The summed E-state index contributed by atoms with van der Waals surface area (Å²) in [5.41, 5.74) is 4.89. The van der Waals surface area contributed by atoms with E-state index in [0.29, 0.717) is 56.6 Å². The smallest absolute Gasteiger partial charge is 0.303 e. The van der Waals surface area contributed by atoms with Crippen molar-refractivity contribution in [1.29, 1.82) is 0 Å². The minimum atomic E-state index is -0.902. The third kappa shape index (κ3) is 6.42. The van der Waals surface area contributed by atoms with Crippen molar-refractivity contribution in [3.63, 3.8) is 0 Å². The number of nitrogens with one attached hydrogen (secondary N) is 1. The Hall–Kier alpha value is -3.97. The Kier molecular flexibility index (Phi) is 8.31. The number of para-hydroxylation sites is 1. The minimum absolute atomic E-state index is 0.0559. The molecule has 1 fully saturated rings. The molecule has 0 saturated carbocycles. The van der Waals surface area contributed by atoms with Crippen molar-refractivity contribution in [3.8, 4) is 0 Å². The highest BCUT2D eigenvalue weighted by Gasteiger charge is 2.34. The average Bonchev–Trinajstić information content (AvgIpc) is 3.26. The van der Waals surface area contributed by atoms with Crippen LogP contribution in [0.5, 0.6) is 0 Å². The van der Waals surface area contributed by atoms with Crippen LogP contribution in [-0.4, -0.2) is 40.3 Å². The van der Waals surface area contributed by atoms with E-state index >= 15 is 0 Å². The number of hydrogen-bond acceptors (Lipinski definition) is 3. The van der Waals surface area contributed by atoms with Gasteiger partial charge in [0, 0.05) is 54.4 Å². The molecule has 0 aliphatic carbocycles. The van der Waals surface area contributed by atoms with Crippen LogP contribution in [0.3, 0.4) is 0 Å². The zero-order valence-corrected chi connectivity index (χ0v) is 22.8. The lowest BCUT2D eigenvalue weighted by atomic mass is 9.83. The summed E-state index contributed by atoms with van der Waals surface area (Å²) in [6.07, 6.45) is 4.93. The molecular formula is C33H35FN2O4. The summed E-state index contributed by atoms with van der Waals surface area (Å²) < 4.78 is 21.6. The summed E-state index contributed by atoms with van der Waals surface area (Å²) in [4.78, 5) is 25.3.